The fourth-order valence-electron chi connectivity index (χ4n) is 5.16. The highest BCUT2D eigenvalue weighted by atomic mass is 32.2. The summed E-state index contributed by atoms with van der Waals surface area (Å²) in [5, 5.41) is 0. The van der Waals surface area contributed by atoms with Crippen molar-refractivity contribution in [1.29, 1.82) is 0 Å². The number of hydrogen-bond donors (Lipinski definition) is 1. The molecule has 2 saturated carbocycles. The Kier molecular flexibility index (Phi) is 4.97. The van der Waals surface area contributed by atoms with Crippen molar-refractivity contribution in [2.45, 2.75) is 43.0 Å². The molecule has 1 aromatic carbocycles. The first-order chi connectivity index (χ1) is 15.0. The minimum atomic E-state index is -3.90. The molecule has 1 N–H and O–H groups in total. The van der Waals surface area contributed by atoms with E-state index >= 15 is 0 Å². The van der Waals surface area contributed by atoms with Crippen LogP contribution in [-0.2, 0) is 29.4 Å². The summed E-state index contributed by atoms with van der Waals surface area (Å²) < 4.78 is 51.4. The summed E-state index contributed by atoms with van der Waals surface area (Å²) in [7, 11) is -7.48. The van der Waals surface area contributed by atoms with Crippen molar-refractivity contribution >= 4 is 48.6 Å². The third-order valence-corrected chi connectivity index (χ3v) is 9.02. The van der Waals surface area contributed by atoms with Crippen LogP contribution in [0.5, 0.6) is 0 Å². The molecular formula is C21H25N3O6S2. The molecule has 1 unspecified atom stereocenters. The molecule has 1 amide bonds. The van der Waals surface area contributed by atoms with Crippen molar-refractivity contribution in [3.63, 3.8) is 0 Å². The number of Topliss-reactive ketones (excluding diaryl/α,β-unsaturated/α-hetero) is 1. The van der Waals surface area contributed by atoms with Crippen LogP contribution in [0.15, 0.2) is 28.1 Å². The van der Waals surface area contributed by atoms with Gasteiger partial charge in [0.2, 0.25) is 15.9 Å². The maximum atomic E-state index is 13.4. The second-order valence-electron chi connectivity index (χ2n) is 9.29. The Morgan fingerprint density at radius 3 is 2.59 bits per heavy atom. The fraction of sp³-hybridized carbons (Fsp3) is 0.571. The number of carbonyl (C=O) groups is 2. The SMILES string of the molecule is CS(=O)(=O)Nc1ccc2c(c1)S(=O)(=O)CC(C1C(=O)[C@@H]3CCC[C@@H]3N(CC3CC3)C1=O)=N2. The van der Waals surface area contributed by atoms with Crippen LogP contribution in [0, 0.1) is 17.8 Å². The fourth-order valence-corrected chi connectivity index (χ4v) is 7.23. The molecule has 3 fully saturated rings. The number of aliphatic imine (C=N–C) groups is 1. The topological polar surface area (TPSA) is 130 Å². The van der Waals surface area contributed by atoms with Gasteiger partial charge in [-0.2, -0.15) is 0 Å². The number of amides is 1. The van der Waals surface area contributed by atoms with Crippen LogP contribution >= 0.6 is 0 Å². The maximum Gasteiger partial charge on any atom is 0.239 e. The van der Waals surface area contributed by atoms with Crippen LogP contribution in [0.1, 0.15) is 32.1 Å². The van der Waals surface area contributed by atoms with E-state index in [2.05, 4.69) is 9.71 Å². The van der Waals surface area contributed by atoms with Gasteiger partial charge in [-0.25, -0.2) is 16.8 Å². The third kappa shape index (κ3) is 3.85. The maximum absolute atomic E-state index is 13.4. The van der Waals surface area contributed by atoms with Crippen molar-refractivity contribution in [3.05, 3.63) is 18.2 Å². The number of likely N-dealkylation sites (tertiary alicyclic amines) is 1. The predicted octanol–water partition coefficient (Wildman–Crippen LogP) is 1.52. The van der Waals surface area contributed by atoms with Crippen LogP contribution in [-0.4, -0.2) is 63.7 Å². The van der Waals surface area contributed by atoms with Gasteiger partial charge < -0.3 is 4.90 Å². The van der Waals surface area contributed by atoms with E-state index in [9.17, 15) is 26.4 Å². The number of hydrogen-bond acceptors (Lipinski definition) is 7. The summed E-state index contributed by atoms with van der Waals surface area (Å²) >= 11 is 0. The number of nitrogens with zero attached hydrogens (tertiary/aromatic N) is 2. The van der Waals surface area contributed by atoms with Crippen LogP contribution < -0.4 is 4.72 Å². The number of carbonyl (C=O) groups excluding carboxylic acids is 2. The standard InChI is InChI=1S/C21H25N3O6S2/c1-31(27,28)23-13-7-8-15-18(9-13)32(29,30)11-16(22-15)19-20(25)14-3-2-4-17(14)24(21(19)26)10-12-5-6-12/h7-9,12,14,17,19,23H,2-6,10-11H2,1H3/t14-,17+,19?/m1/s1. The number of sulfone groups is 1. The van der Waals surface area contributed by atoms with E-state index in [0.29, 0.717) is 18.9 Å². The summed E-state index contributed by atoms with van der Waals surface area (Å²) in [5.41, 5.74) is 0.304. The van der Waals surface area contributed by atoms with Gasteiger partial charge in [0.15, 0.2) is 15.6 Å². The van der Waals surface area contributed by atoms with Crippen molar-refractivity contribution in [2.75, 3.05) is 23.3 Å². The largest absolute Gasteiger partial charge is 0.338 e. The smallest absolute Gasteiger partial charge is 0.239 e. The number of sulfonamides is 1. The number of anilines is 1. The Hall–Kier alpha value is -2.27. The number of ketones is 1. The van der Waals surface area contributed by atoms with E-state index in [4.69, 9.17) is 0 Å². The Labute approximate surface area is 187 Å². The number of piperidine rings is 1. The third-order valence-electron chi connectivity index (χ3n) is 6.74. The molecule has 0 spiro atoms. The second-order valence-corrected chi connectivity index (χ2v) is 13.0. The van der Waals surface area contributed by atoms with Crippen molar-refractivity contribution in [3.8, 4) is 0 Å². The lowest BCUT2D eigenvalue weighted by molar-refractivity contribution is -0.149. The summed E-state index contributed by atoms with van der Waals surface area (Å²) in [6, 6.07) is 3.96. The second kappa shape index (κ2) is 7.38. The molecule has 5 rings (SSSR count). The van der Waals surface area contributed by atoms with Crippen molar-refractivity contribution in [2.24, 2.45) is 22.7 Å². The highest BCUT2D eigenvalue weighted by molar-refractivity contribution is 7.92. The molecular weight excluding hydrogens is 454 g/mol. The predicted molar refractivity (Wildman–Crippen MR) is 118 cm³/mol. The number of rotatable bonds is 5. The van der Waals surface area contributed by atoms with Gasteiger partial charge >= 0.3 is 0 Å². The normalized spacial score (nSPS) is 29.3. The zero-order chi connectivity index (χ0) is 22.8. The van der Waals surface area contributed by atoms with E-state index in [1.165, 1.54) is 18.2 Å². The monoisotopic (exact) mass is 479 g/mol. The molecule has 2 aliphatic heterocycles. The van der Waals surface area contributed by atoms with Gasteiger partial charge in [0, 0.05) is 24.2 Å². The molecule has 0 aromatic heterocycles. The molecule has 9 nitrogen and oxygen atoms in total. The number of fused-ring (bicyclic) bond motifs is 2. The quantitative estimate of drug-likeness (QED) is 0.638. The van der Waals surface area contributed by atoms with Gasteiger partial charge in [0.1, 0.15) is 5.92 Å². The van der Waals surface area contributed by atoms with E-state index in [-0.39, 0.29) is 45.6 Å². The highest BCUT2D eigenvalue weighted by Gasteiger charge is 2.53. The average molecular weight is 480 g/mol. The van der Waals surface area contributed by atoms with Gasteiger partial charge in [0.05, 0.1) is 28.3 Å². The van der Waals surface area contributed by atoms with Gasteiger partial charge in [0.25, 0.3) is 0 Å². The summed E-state index contributed by atoms with van der Waals surface area (Å²) in [4.78, 5) is 32.9. The lowest BCUT2D eigenvalue weighted by atomic mass is 9.80. The lowest BCUT2D eigenvalue weighted by Crippen LogP contribution is -2.58. The van der Waals surface area contributed by atoms with Gasteiger partial charge in [-0.05, 0) is 49.8 Å². The Balaban J connectivity index is 1.53. The molecule has 0 radical (unpaired) electrons. The molecule has 4 aliphatic rings. The van der Waals surface area contributed by atoms with Gasteiger partial charge in [-0.1, -0.05) is 6.42 Å². The zero-order valence-corrected chi connectivity index (χ0v) is 19.3. The first-order valence-electron chi connectivity index (χ1n) is 10.8. The molecule has 2 heterocycles. The van der Waals surface area contributed by atoms with Gasteiger partial charge in [-0.15, -0.1) is 0 Å². The molecule has 1 saturated heterocycles. The first kappa shape index (κ1) is 21.6. The summed E-state index contributed by atoms with van der Waals surface area (Å²) in [5.74, 6) is -2.02. The van der Waals surface area contributed by atoms with Crippen LogP contribution in [0.4, 0.5) is 11.4 Å². The lowest BCUT2D eigenvalue weighted by Gasteiger charge is -2.41. The van der Waals surface area contributed by atoms with Crippen LogP contribution in [0.2, 0.25) is 0 Å². The molecule has 11 heteroatoms. The Morgan fingerprint density at radius 2 is 1.91 bits per heavy atom. The van der Waals surface area contributed by atoms with E-state index in [1.54, 1.807) is 0 Å². The van der Waals surface area contributed by atoms with E-state index in [0.717, 1.165) is 31.9 Å². The van der Waals surface area contributed by atoms with E-state index in [1.807, 2.05) is 4.90 Å². The van der Waals surface area contributed by atoms with Gasteiger partial charge in [-0.3, -0.25) is 19.3 Å². The number of benzene rings is 1. The van der Waals surface area contributed by atoms with Crippen molar-refractivity contribution in [1.82, 2.24) is 4.90 Å². The van der Waals surface area contributed by atoms with E-state index < -0.39 is 31.5 Å². The Bertz CT molecular complexity index is 1250. The van der Waals surface area contributed by atoms with Crippen molar-refractivity contribution < 1.29 is 26.4 Å². The summed E-state index contributed by atoms with van der Waals surface area (Å²) in [6.45, 7) is 0.626. The van der Waals surface area contributed by atoms with Crippen LogP contribution in [0.25, 0.3) is 0 Å². The molecule has 0 bridgehead atoms. The average Bonchev–Trinajstić information content (AvgIpc) is 3.37. The highest BCUT2D eigenvalue weighted by Crippen LogP contribution is 2.42. The zero-order valence-electron chi connectivity index (χ0n) is 17.7. The minimum absolute atomic E-state index is 0.0717. The first-order valence-corrected chi connectivity index (χ1v) is 14.3. The molecule has 2 aliphatic carbocycles. The minimum Gasteiger partial charge on any atom is -0.338 e. The molecule has 172 valence electrons. The van der Waals surface area contributed by atoms with Crippen LogP contribution in [0.3, 0.4) is 0 Å². The number of nitrogens with one attached hydrogen (secondary N) is 1. The molecule has 3 atom stereocenters. The summed E-state index contributed by atoms with van der Waals surface area (Å²) in [6.07, 6.45) is 5.53. The molecule has 1 aromatic rings. The molecule has 32 heavy (non-hydrogen) atoms. The Morgan fingerprint density at radius 1 is 1.16 bits per heavy atom.